The minimum atomic E-state index is -0.379. The minimum Gasteiger partial charge on any atom is -0.359 e. The number of carbonyl (C=O) groups is 1. The largest absolute Gasteiger partial charge is 0.359 e. The third-order valence-corrected chi connectivity index (χ3v) is 3.03. The Morgan fingerprint density at radius 1 is 1.48 bits per heavy atom. The summed E-state index contributed by atoms with van der Waals surface area (Å²) in [5.41, 5.74) is 0.674. The molecular weight excluding hydrogens is 288 g/mol. The molecule has 1 atom stereocenters. The number of aryl methyl sites for hydroxylation is 1. The van der Waals surface area contributed by atoms with Gasteiger partial charge in [0.1, 0.15) is 10.8 Å². The van der Waals surface area contributed by atoms with Crippen molar-refractivity contribution in [2.75, 3.05) is 12.4 Å². The number of halogens is 1. The average Bonchev–Trinajstić information content (AvgIpc) is 2.48. The Kier molecular flexibility index (Phi) is 6.62. The first-order valence-electron chi connectivity index (χ1n) is 6.46. The van der Waals surface area contributed by atoms with E-state index in [0.717, 1.165) is 0 Å². The Hall–Kier alpha value is -2.14. The van der Waals surface area contributed by atoms with Crippen LogP contribution in [-0.4, -0.2) is 22.9 Å². The quantitative estimate of drug-likeness (QED) is 0.793. The number of rotatable bonds is 6. The fourth-order valence-corrected chi connectivity index (χ4v) is 1.71. The third kappa shape index (κ3) is 5.04. The molecule has 2 N–H and O–H groups in total. The number of allylic oxidation sites excluding steroid dienone is 4. The van der Waals surface area contributed by atoms with E-state index in [1.807, 2.05) is 0 Å². The molecule has 1 heterocycles. The maximum absolute atomic E-state index is 11.8. The van der Waals surface area contributed by atoms with Gasteiger partial charge in [-0.3, -0.25) is 4.79 Å². The zero-order chi connectivity index (χ0) is 15.8. The molecule has 0 radical (unpaired) electrons. The summed E-state index contributed by atoms with van der Waals surface area (Å²) in [7, 11) is 1.60. The summed E-state index contributed by atoms with van der Waals surface area (Å²) in [6, 6.07) is 0. The number of nitrogens with zero attached hydrogens (tertiary/aromatic N) is 2. The molecule has 1 aromatic rings. The van der Waals surface area contributed by atoms with Gasteiger partial charge in [-0.05, 0) is 19.9 Å². The van der Waals surface area contributed by atoms with Crippen LogP contribution in [0.15, 0.2) is 42.8 Å². The van der Waals surface area contributed by atoms with Gasteiger partial charge in [0.2, 0.25) is 5.91 Å². The average molecular weight is 307 g/mol. The highest BCUT2D eigenvalue weighted by Gasteiger charge is 2.17. The van der Waals surface area contributed by atoms with Gasteiger partial charge >= 0.3 is 0 Å². The Bertz CT molecular complexity index is 581. The SMILES string of the molecule is C=C/C=C\C=C(\Nc1nc(C)ncc1Cl)C(C)C(=O)NC. The topological polar surface area (TPSA) is 66.9 Å². The first-order chi connectivity index (χ1) is 9.99. The van der Waals surface area contributed by atoms with Crippen LogP contribution in [0.25, 0.3) is 0 Å². The van der Waals surface area contributed by atoms with Crippen molar-refractivity contribution in [3.8, 4) is 0 Å². The molecule has 1 aromatic heterocycles. The zero-order valence-corrected chi connectivity index (χ0v) is 13.1. The Morgan fingerprint density at radius 3 is 2.81 bits per heavy atom. The second-order valence-electron chi connectivity index (χ2n) is 4.32. The number of hydrogen-bond donors (Lipinski definition) is 2. The summed E-state index contributed by atoms with van der Waals surface area (Å²) in [4.78, 5) is 20.1. The Morgan fingerprint density at radius 2 is 2.19 bits per heavy atom. The van der Waals surface area contributed by atoms with Crippen LogP contribution in [0.4, 0.5) is 5.82 Å². The first kappa shape index (κ1) is 16.9. The number of aromatic nitrogens is 2. The minimum absolute atomic E-state index is 0.109. The number of carbonyl (C=O) groups excluding carboxylic acids is 1. The standard InChI is InChI=1S/C15H19ClN4O/c1-5-6-7-8-13(10(2)15(21)17-4)20-14-12(16)9-18-11(3)19-14/h5-10H,1H2,2-4H3,(H,17,21)(H,18,19,20)/b7-6-,13-8+. The van der Waals surface area contributed by atoms with E-state index in [1.165, 1.54) is 6.20 Å². The lowest BCUT2D eigenvalue weighted by Gasteiger charge is -2.17. The highest BCUT2D eigenvalue weighted by Crippen LogP contribution is 2.22. The monoisotopic (exact) mass is 306 g/mol. The molecular formula is C15H19ClN4O. The van der Waals surface area contributed by atoms with Gasteiger partial charge in [-0.1, -0.05) is 36.4 Å². The second-order valence-corrected chi connectivity index (χ2v) is 4.72. The molecule has 0 aliphatic rings. The normalized spacial score (nSPS) is 13.0. The van der Waals surface area contributed by atoms with Gasteiger partial charge in [0.15, 0.2) is 5.82 Å². The summed E-state index contributed by atoms with van der Waals surface area (Å²) >= 11 is 6.07. The van der Waals surface area contributed by atoms with Crippen LogP contribution in [0.1, 0.15) is 12.7 Å². The maximum Gasteiger partial charge on any atom is 0.228 e. The van der Waals surface area contributed by atoms with Crippen LogP contribution in [0.3, 0.4) is 0 Å². The van der Waals surface area contributed by atoms with Crippen LogP contribution in [0.5, 0.6) is 0 Å². The fourth-order valence-electron chi connectivity index (χ4n) is 1.57. The van der Waals surface area contributed by atoms with Crippen molar-refractivity contribution < 1.29 is 4.79 Å². The molecule has 1 amide bonds. The second kappa shape index (κ2) is 8.21. The lowest BCUT2D eigenvalue weighted by Crippen LogP contribution is -2.29. The molecule has 5 nitrogen and oxygen atoms in total. The lowest BCUT2D eigenvalue weighted by molar-refractivity contribution is -0.122. The van der Waals surface area contributed by atoms with Crippen molar-refractivity contribution in [3.63, 3.8) is 0 Å². The van der Waals surface area contributed by atoms with E-state index in [0.29, 0.717) is 22.4 Å². The number of hydrogen-bond acceptors (Lipinski definition) is 4. The van der Waals surface area contributed by atoms with Crippen molar-refractivity contribution in [3.05, 3.63) is 53.6 Å². The molecule has 0 saturated heterocycles. The van der Waals surface area contributed by atoms with Gasteiger partial charge in [-0.25, -0.2) is 9.97 Å². The molecule has 1 unspecified atom stereocenters. The van der Waals surface area contributed by atoms with E-state index in [9.17, 15) is 4.79 Å². The van der Waals surface area contributed by atoms with Crippen molar-refractivity contribution in [1.29, 1.82) is 0 Å². The van der Waals surface area contributed by atoms with Crippen molar-refractivity contribution in [1.82, 2.24) is 15.3 Å². The summed E-state index contributed by atoms with van der Waals surface area (Å²) in [5, 5.41) is 6.10. The number of anilines is 1. The van der Waals surface area contributed by atoms with E-state index >= 15 is 0 Å². The van der Waals surface area contributed by atoms with E-state index < -0.39 is 0 Å². The molecule has 0 bridgehead atoms. The van der Waals surface area contributed by atoms with E-state index in [2.05, 4.69) is 27.2 Å². The van der Waals surface area contributed by atoms with Crippen LogP contribution < -0.4 is 10.6 Å². The van der Waals surface area contributed by atoms with E-state index in [4.69, 9.17) is 11.6 Å². The summed E-state index contributed by atoms with van der Waals surface area (Å²) in [6.07, 6.45) is 8.52. The molecule has 0 aliphatic heterocycles. The van der Waals surface area contributed by atoms with Crippen molar-refractivity contribution in [2.24, 2.45) is 5.92 Å². The number of nitrogens with one attached hydrogen (secondary N) is 2. The maximum atomic E-state index is 11.8. The molecule has 0 aromatic carbocycles. The van der Waals surface area contributed by atoms with Crippen molar-refractivity contribution >= 4 is 23.3 Å². The summed E-state index contributed by atoms with van der Waals surface area (Å²) in [6.45, 7) is 7.17. The van der Waals surface area contributed by atoms with Gasteiger partial charge in [0, 0.05) is 12.7 Å². The molecule has 0 aliphatic carbocycles. The van der Waals surface area contributed by atoms with Gasteiger partial charge in [0.05, 0.1) is 12.1 Å². The van der Waals surface area contributed by atoms with E-state index in [1.54, 1.807) is 45.2 Å². The van der Waals surface area contributed by atoms with E-state index in [-0.39, 0.29) is 11.8 Å². The van der Waals surface area contributed by atoms with Gasteiger partial charge in [-0.2, -0.15) is 0 Å². The van der Waals surface area contributed by atoms with Crippen LogP contribution >= 0.6 is 11.6 Å². The highest BCUT2D eigenvalue weighted by atomic mass is 35.5. The highest BCUT2D eigenvalue weighted by molar-refractivity contribution is 6.32. The predicted octanol–water partition coefficient (Wildman–Crippen LogP) is 2.86. The van der Waals surface area contributed by atoms with Gasteiger partial charge < -0.3 is 10.6 Å². The first-order valence-corrected chi connectivity index (χ1v) is 6.84. The molecule has 21 heavy (non-hydrogen) atoms. The fraction of sp³-hybridized carbons (Fsp3) is 0.267. The Balaban J connectivity index is 3.09. The number of amides is 1. The van der Waals surface area contributed by atoms with Crippen LogP contribution in [0.2, 0.25) is 5.02 Å². The van der Waals surface area contributed by atoms with Gasteiger partial charge in [0.25, 0.3) is 0 Å². The molecule has 112 valence electrons. The Labute approximate surface area is 129 Å². The summed E-state index contributed by atoms with van der Waals surface area (Å²) in [5.74, 6) is 0.576. The lowest BCUT2D eigenvalue weighted by atomic mass is 10.1. The molecule has 0 fully saturated rings. The summed E-state index contributed by atoms with van der Waals surface area (Å²) < 4.78 is 0. The zero-order valence-electron chi connectivity index (χ0n) is 12.4. The third-order valence-electron chi connectivity index (χ3n) is 2.76. The van der Waals surface area contributed by atoms with Crippen molar-refractivity contribution in [2.45, 2.75) is 13.8 Å². The van der Waals surface area contributed by atoms with Gasteiger partial charge in [-0.15, -0.1) is 0 Å². The van der Waals surface area contributed by atoms with Crippen LogP contribution in [-0.2, 0) is 4.79 Å². The molecule has 6 heteroatoms. The predicted molar refractivity (Wildman–Crippen MR) is 86.1 cm³/mol. The molecule has 1 rings (SSSR count). The smallest absolute Gasteiger partial charge is 0.228 e. The van der Waals surface area contributed by atoms with Crippen LogP contribution in [0, 0.1) is 12.8 Å². The molecule has 0 spiro atoms. The molecule has 0 saturated carbocycles.